The molecule has 1 aliphatic rings. The highest BCUT2D eigenvalue weighted by atomic mass is 16.1. The molecule has 3 aromatic heterocycles. The Labute approximate surface area is 154 Å². The minimum Gasteiger partial charge on any atom is -0.324 e. The molecule has 27 heavy (non-hydrogen) atoms. The molecule has 1 N–H and O–H groups in total. The highest BCUT2D eigenvalue weighted by Crippen LogP contribution is 2.30. The van der Waals surface area contributed by atoms with Crippen molar-refractivity contribution >= 4 is 33.8 Å². The van der Waals surface area contributed by atoms with Crippen molar-refractivity contribution in [2.24, 2.45) is 7.05 Å². The van der Waals surface area contributed by atoms with E-state index >= 15 is 0 Å². The summed E-state index contributed by atoms with van der Waals surface area (Å²) in [4.78, 5) is 25.6. The van der Waals surface area contributed by atoms with Crippen LogP contribution in [0.3, 0.4) is 0 Å². The minimum absolute atomic E-state index is 0.111. The summed E-state index contributed by atoms with van der Waals surface area (Å²) in [5.74, 6) is 0.421. The molecule has 1 aromatic carbocycles. The van der Waals surface area contributed by atoms with Crippen molar-refractivity contribution in [3.8, 4) is 0 Å². The Morgan fingerprint density at radius 1 is 1.11 bits per heavy atom. The third-order valence-corrected chi connectivity index (χ3v) is 5.09. The van der Waals surface area contributed by atoms with Crippen molar-refractivity contribution < 1.29 is 0 Å². The molecule has 0 radical (unpaired) electrons. The van der Waals surface area contributed by atoms with E-state index in [1.807, 2.05) is 25.2 Å². The number of benzene rings is 1. The molecule has 0 amide bonds. The van der Waals surface area contributed by atoms with Crippen LogP contribution in [-0.2, 0) is 7.05 Å². The highest BCUT2D eigenvalue weighted by Gasteiger charge is 2.21. The van der Waals surface area contributed by atoms with Crippen LogP contribution in [0.1, 0.15) is 31.7 Å². The lowest BCUT2D eigenvalue weighted by molar-refractivity contribution is 0.514. The topological polar surface area (TPSA) is 103 Å². The molecule has 1 aliphatic carbocycles. The van der Waals surface area contributed by atoms with Gasteiger partial charge in [-0.15, -0.1) is 5.10 Å². The van der Waals surface area contributed by atoms with E-state index in [4.69, 9.17) is 0 Å². The minimum atomic E-state index is -0.111. The predicted octanol–water partition coefficient (Wildman–Crippen LogP) is 2.33. The van der Waals surface area contributed by atoms with Gasteiger partial charge in [-0.1, -0.05) is 18.1 Å². The fourth-order valence-electron chi connectivity index (χ4n) is 3.75. The zero-order valence-electron chi connectivity index (χ0n) is 14.8. The molecule has 0 saturated heterocycles. The number of hydrogen-bond donors (Lipinski definition) is 1. The summed E-state index contributed by atoms with van der Waals surface area (Å²) in [7, 11) is 1.85. The number of aryl methyl sites for hydroxylation is 1. The molecule has 0 atom stereocenters. The number of nitrogens with zero attached hydrogens (tertiary/aromatic N) is 7. The summed E-state index contributed by atoms with van der Waals surface area (Å²) >= 11 is 0. The maximum atomic E-state index is 12.4. The third kappa shape index (κ3) is 2.71. The van der Waals surface area contributed by atoms with Gasteiger partial charge in [-0.05, 0) is 31.0 Å². The van der Waals surface area contributed by atoms with Gasteiger partial charge >= 0.3 is 0 Å². The lowest BCUT2D eigenvalue weighted by Gasteiger charge is -2.15. The zero-order valence-corrected chi connectivity index (χ0v) is 14.8. The largest absolute Gasteiger partial charge is 0.324 e. The molecular formula is C18H18N8O. The summed E-state index contributed by atoms with van der Waals surface area (Å²) in [5, 5.41) is 11.3. The Balaban J connectivity index is 1.56. The van der Waals surface area contributed by atoms with E-state index in [1.165, 1.54) is 6.20 Å². The molecule has 3 heterocycles. The van der Waals surface area contributed by atoms with E-state index < -0.39 is 0 Å². The Morgan fingerprint density at radius 2 is 1.96 bits per heavy atom. The van der Waals surface area contributed by atoms with Crippen molar-refractivity contribution in [2.75, 3.05) is 5.32 Å². The Morgan fingerprint density at radius 3 is 2.81 bits per heavy atom. The molecule has 0 unspecified atom stereocenters. The van der Waals surface area contributed by atoms with E-state index in [1.54, 1.807) is 15.4 Å². The Hall–Kier alpha value is -3.36. The first-order chi connectivity index (χ1) is 13.2. The molecule has 9 heteroatoms. The number of nitrogens with one attached hydrogen (secondary N) is 1. The zero-order chi connectivity index (χ0) is 18.4. The number of fused-ring (bicyclic) bond motifs is 2. The average molecular weight is 362 g/mol. The number of hydrogen-bond acceptors (Lipinski definition) is 7. The van der Waals surface area contributed by atoms with Crippen molar-refractivity contribution in [3.63, 3.8) is 0 Å². The summed E-state index contributed by atoms with van der Waals surface area (Å²) in [6, 6.07) is 5.94. The molecule has 5 rings (SSSR count). The van der Waals surface area contributed by atoms with Gasteiger partial charge in [0.05, 0.1) is 17.9 Å². The van der Waals surface area contributed by atoms with Crippen LogP contribution >= 0.6 is 0 Å². The van der Waals surface area contributed by atoms with Gasteiger partial charge in [-0.2, -0.15) is 4.98 Å². The average Bonchev–Trinajstić information content (AvgIpc) is 3.32. The van der Waals surface area contributed by atoms with Crippen LogP contribution < -0.4 is 10.9 Å². The van der Waals surface area contributed by atoms with Crippen molar-refractivity contribution in [1.29, 1.82) is 0 Å². The third-order valence-electron chi connectivity index (χ3n) is 5.09. The summed E-state index contributed by atoms with van der Waals surface area (Å²) in [6.45, 7) is 0. The van der Waals surface area contributed by atoms with Crippen LogP contribution in [0.15, 0.2) is 35.4 Å². The summed E-state index contributed by atoms with van der Waals surface area (Å²) in [5.41, 5.74) is 3.62. The van der Waals surface area contributed by atoms with Crippen LogP contribution in [0.4, 0.5) is 11.6 Å². The van der Waals surface area contributed by atoms with Gasteiger partial charge in [0.1, 0.15) is 11.0 Å². The van der Waals surface area contributed by atoms with E-state index in [0.717, 1.165) is 42.4 Å². The molecule has 0 bridgehead atoms. The molecule has 1 saturated carbocycles. The molecule has 0 aliphatic heterocycles. The van der Waals surface area contributed by atoms with Gasteiger partial charge in [0.15, 0.2) is 5.65 Å². The first kappa shape index (κ1) is 15.9. The molecule has 9 nitrogen and oxygen atoms in total. The smallest absolute Gasteiger partial charge is 0.270 e. The highest BCUT2D eigenvalue weighted by molar-refractivity contribution is 5.80. The molecule has 1 fully saturated rings. The quantitative estimate of drug-likeness (QED) is 0.596. The van der Waals surface area contributed by atoms with Crippen LogP contribution in [-0.4, -0.2) is 34.5 Å². The Kier molecular flexibility index (Phi) is 3.59. The first-order valence-corrected chi connectivity index (χ1v) is 9.00. The lowest BCUT2D eigenvalue weighted by atomic mass is 10.2. The van der Waals surface area contributed by atoms with E-state index in [0.29, 0.717) is 17.1 Å². The second-order valence-electron chi connectivity index (χ2n) is 6.85. The van der Waals surface area contributed by atoms with Crippen LogP contribution in [0.25, 0.3) is 22.2 Å². The van der Waals surface area contributed by atoms with Crippen LogP contribution in [0, 0.1) is 0 Å². The fraction of sp³-hybridized carbons (Fsp3) is 0.333. The van der Waals surface area contributed by atoms with Crippen LogP contribution in [0.2, 0.25) is 0 Å². The standard InChI is InChI=1S/C18H18N8O/c1-25-15-7-6-11(8-13(15)23-24-25)21-18-20-9-14-17(22-18)26(16(27)10-19-14)12-4-2-3-5-12/h6-10,12H,2-5H2,1H3,(H,20,21,22). The maximum Gasteiger partial charge on any atom is 0.270 e. The molecule has 4 aromatic rings. The first-order valence-electron chi connectivity index (χ1n) is 9.00. The van der Waals surface area contributed by atoms with E-state index in [9.17, 15) is 4.79 Å². The second kappa shape index (κ2) is 6.11. The fourth-order valence-corrected chi connectivity index (χ4v) is 3.75. The number of rotatable bonds is 3. The summed E-state index contributed by atoms with van der Waals surface area (Å²) in [6.07, 6.45) is 7.27. The Bertz CT molecular complexity index is 1210. The van der Waals surface area contributed by atoms with Gasteiger partial charge in [-0.25, -0.2) is 14.6 Å². The monoisotopic (exact) mass is 362 g/mol. The van der Waals surface area contributed by atoms with E-state index in [2.05, 4.69) is 30.6 Å². The molecule has 136 valence electrons. The van der Waals surface area contributed by atoms with Gasteiger partial charge in [0.25, 0.3) is 5.56 Å². The second-order valence-corrected chi connectivity index (χ2v) is 6.85. The maximum absolute atomic E-state index is 12.4. The van der Waals surface area contributed by atoms with Gasteiger partial charge in [0, 0.05) is 18.8 Å². The normalized spacial score (nSPS) is 15.0. The molecular weight excluding hydrogens is 344 g/mol. The van der Waals surface area contributed by atoms with Crippen molar-refractivity contribution in [1.82, 2.24) is 34.5 Å². The lowest BCUT2D eigenvalue weighted by Crippen LogP contribution is -2.24. The predicted molar refractivity (Wildman–Crippen MR) is 101 cm³/mol. The van der Waals surface area contributed by atoms with Gasteiger partial charge in [0.2, 0.25) is 5.95 Å². The number of anilines is 2. The number of aromatic nitrogens is 7. The summed E-state index contributed by atoms with van der Waals surface area (Å²) < 4.78 is 3.49. The van der Waals surface area contributed by atoms with Crippen molar-refractivity contribution in [2.45, 2.75) is 31.7 Å². The van der Waals surface area contributed by atoms with Crippen LogP contribution in [0.5, 0.6) is 0 Å². The van der Waals surface area contributed by atoms with E-state index in [-0.39, 0.29) is 11.6 Å². The van der Waals surface area contributed by atoms with Gasteiger partial charge < -0.3 is 5.32 Å². The van der Waals surface area contributed by atoms with Gasteiger partial charge in [-0.3, -0.25) is 9.36 Å². The SMILES string of the molecule is Cn1nnc2cc(Nc3ncc4ncc(=O)n(C5CCCC5)c4n3)ccc21. The molecule has 0 spiro atoms. The van der Waals surface area contributed by atoms with Crippen molar-refractivity contribution in [3.05, 3.63) is 40.9 Å².